The van der Waals surface area contributed by atoms with Crippen LogP contribution in [0, 0.1) is 0 Å². The first-order valence-electron chi connectivity index (χ1n) is 7.50. The van der Waals surface area contributed by atoms with Crippen LogP contribution >= 0.6 is 22.9 Å². The van der Waals surface area contributed by atoms with E-state index in [2.05, 4.69) is 5.32 Å². The second-order valence-corrected chi connectivity index (χ2v) is 6.80. The topological polar surface area (TPSA) is 66.4 Å². The molecule has 25 heavy (non-hydrogen) atoms. The number of benzene rings is 2. The van der Waals surface area contributed by atoms with E-state index in [0.29, 0.717) is 16.3 Å². The number of anilines is 1. The lowest BCUT2D eigenvalue weighted by Crippen LogP contribution is -2.14. The first kappa shape index (κ1) is 17.2. The van der Waals surface area contributed by atoms with Gasteiger partial charge in [-0.3, -0.25) is 4.79 Å². The Kier molecular flexibility index (Phi) is 5.16. The highest BCUT2D eigenvalue weighted by atomic mass is 35.5. The first-order chi connectivity index (χ1) is 12.0. The summed E-state index contributed by atoms with van der Waals surface area (Å²) in [4.78, 5) is 24.7. The Bertz CT molecular complexity index is 904. The molecule has 126 valence electrons. The number of thiophene rings is 1. The minimum atomic E-state index is -1.02. The summed E-state index contributed by atoms with van der Waals surface area (Å²) in [7, 11) is 0. The number of Topliss-reactive ketones (excluding diaryl/α,β-unsaturated/α-hetero) is 1. The monoisotopic (exact) mass is 371 g/mol. The SMILES string of the molecule is O=C(CNc1cc(-c2ccccc2)sc1C(=O)O)c1ccc(Cl)cc1. The molecule has 0 unspecified atom stereocenters. The Labute approximate surface area is 153 Å². The van der Waals surface area contributed by atoms with Crippen LogP contribution in [-0.2, 0) is 0 Å². The molecule has 0 aliphatic rings. The molecule has 0 saturated carbocycles. The molecular formula is C19H14ClNO3S. The summed E-state index contributed by atoms with van der Waals surface area (Å²) in [5.74, 6) is -1.16. The number of hydrogen-bond donors (Lipinski definition) is 2. The second-order valence-electron chi connectivity index (χ2n) is 5.31. The molecule has 0 amide bonds. The predicted molar refractivity (Wildman–Crippen MR) is 101 cm³/mol. The van der Waals surface area contributed by atoms with Crippen LogP contribution in [0.2, 0.25) is 5.02 Å². The number of ketones is 1. The number of hydrogen-bond acceptors (Lipinski definition) is 4. The Balaban J connectivity index is 1.79. The van der Waals surface area contributed by atoms with Gasteiger partial charge in [0.15, 0.2) is 5.78 Å². The molecule has 4 nitrogen and oxygen atoms in total. The van der Waals surface area contributed by atoms with Crippen LogP contribution in [0.5, 0.6) is 0 Å². The highest BCUT2D eigenvalue weighted by Crippen LogP contribution is 2.34. The zero-order chi connectivity index (χ0) is 17.8. The molecule has 0 atom stereocenters. The summed E-state index contributed by atoms with van der Waals surface area (Å²) >= 11 is 6.99. The maximum absolute atomic E-state index is 12.2. The number of halogens is 1. The fourth-order valence-electron chi connectivity index (χ4n) is 2.34. The molecule has 0 saturated heterocycles. The molecule has 1 heterocycles. The number of aromatic carboxylic acids is 1. The number of rotatable bonds is 6. The molecular weight excluding hydrogens is 358 g/mol. The molecule has 2 aromatic carbocycles. The highest BCUT2D eigenvalue weighted by Gasteiger charge is 2.17. The van der Waals surface area contributed by atoms with Gasteiger partial charge >= 0.3 is 5.97 Å². The summed E-state index contributed by atoms with van der Waals surface area (Å²) in [5.41, 5.74) is 1.90. The van der Waals surface area contributed by atoms with Crippen molar-refractivity contribution in [3.05, 3.63) is 76.1 Å². The van der Waals surface area contributed by atoms with Gasteiger partial charge in [-0.2, -0.15) is 0 Å². The number of nitrogens with one attached hydrogen (secondary N) is 1. The average molecular weight is 372 g/mol. The molecule has 1 aromatic heterocycles. The van der Waals surface area contributed by atoms with Gasteiger partial charge in [-0.1, -0.05) is 41.9 Å². The summed E-state index contributed by atoms with van der Waals surface area (Å²) in [6, 6.07) is 17.9. The zero-order valence-corrected chi connectivity index (χ0v) is 14.6. The van der Waals surface area contributed by atoms with Crippen molar-refractivity contribution in [2.75, 3.05) is 11.9 Å². The van der Waals surface area contributed by atoms with Crippen molar-refractivity contribution in [3.63, 3.8) is 0 Å². The molecule has 0 fully saturated rings. The zero-order valence-electron chi connectivity index (χ0n) is 13.0. The number of carboxylic acid groups (broad SMARTS) is 1. The predicted octanol–water partition coefficient (Wildman–Crippen LogP) is 5.06. The number of carbonyl (C=O) groups excluding carboxylic acids is 1. The fourth-order valence-corrected chi connectivity index (χ4v) is 3.44. The van der Waals surface area contributed by atoms with Gasteiger partial charge in [-0.25, -0.2) is 4.79 Å². The molecule has 3 aromatic rings. The van der Waals surface area contributed by atoms with Gasteiger partial charge in [0, 0.05) is 15.5 Å². The van der Waals surface area contributed by atoms with Crippen molar-refractivity contribution >= 4 is 40.4 Å². The van der Waals surface area contributed by atoms with Crippen LogP contribution in [0.4, 0.5) is 5.69 Å². The molecule has 3 rings (SSSR count). The number of carboxylic acids is 1. The molecule has 6 heteroatoms. The van der Waals surface area contributed by atoms with Crippen molar-refractivity contribution in [1.29, 1.82) is 0 Å². The third kappa shape index (κ3) is 4.07. The number of carbonyl (C=O) groups is 2. The van der Waals surface area contributed by atoms with Gasteiger partial charge < -0.3 is 10.4 Å². The molecule has 0 radical (unpaired) electrons. The van der Waals surface area contributed by atoms with Crippen LogP contribution in [0.15, 0.2) is 60.7 Å². The van der Waals surface area contributed by atoms with Gasteiger partial charge in [-0.05, 0) is 35.9 Å². The van der Waals surface area contributed by atoms with Crippen molar-refractivity contribution in [2.45, 2.75) is 0 Å². The molecule has 2 N–H and O–H groups in total. The van der Waals surface area contributed by atoms with E-state index in [1.807, 2.05) is 30.3 Å². The van der Waals surface area contributed by atoms with Crippen molar-refractivity contribution in [3.8, 4) is 10.4 Å². The van der Waals surface area contributed by atoms with Gasteiger partial charge in [0.2, 0.25) is 0 Å². The summed E-state index contributed by atoms with van der Waals surface area (Å²) in [6.45, 7) is 0.00682. The van der Waals surface area contributed by atoms with E-state index in [0.717, 1.165) is 10.4 Å². The first-order valence-corrected chi connectivity index (χ1v) is 8.69. The standard InChI is InChI=1S/C19H14ClNO3S/c20-14-8-6-12(7-9-14)16(22)11-21-15-10-17(25-18(15)19(23)24)13-4-2-1-3-5-13/h1-10,21H,11H2,(H,23,24). The largest absolute Gasteiger partial charge is 0.477 e. The van der Waals surface area contributed by atoms with Crippen molar-refractivity contribution < 1.29 is 14.7 Å². The van der Waals surface area contributed by atoms with Gasteiger partial charge in [0.1, 0.15) is 4.88 Å². The Morgan fingerprint density at radius 2 is 1.72 bits per heavy atom. The van der Waals surface area contributed by atoms with E-state index in [4.69, 9.17) is 11.6 Å². The van der Waals surface area contributed by atoms with Crippen LogP contribution in [0.3, 0.4) is 0 Å². The summed E-state index contributed by atoms with van der Waals surface area (Å²) in [5, 5.41) is 12.9. The second kappa shape index (κ2) is 7.51. The molecule has 0 aliphatic heterocycles. The maximum atomic E-state index is 12.2. The van der Waals surface area contributed by atoms with Gasteiger partial charge in [0.05, 0.1) is 12.2 Å². The van der Waals surface area contributed by atoms with Crippen LogP contribution in [-0.4, -0.2) is 23.4 Å². The normalized spacial score (nSPS) is 10.4. The smallest absolute Gasteiger partial charge is 0.348 e. The lowest BCUT2D eigenvalue weighted by atomic mass is 10.1. The fraction of sp³-hybridized carbons (Fsp3) is 0.0526. The van der Waals surface area contributed by atoms with Crippen molar-refractivity contribution in [2.24, 2.45) is 0 Å². The minimum absolute atomic E-state index is 0.00682. The molecule has 0 spiro atoms. The lowest BCUT2D eigenvalue weighted by Gasteiger charge is -2.05. The quantitative estimate of drug-likeness (QED) is 0.594. The average Bonchev–Trinajstić information content (AvgIpc) is 3.05. The van der Waals surface area contributed by atoms with Gasteiger partial charge in [-0.15, -0.1) is 11.3 Å². The maximum Gasteiger partial charge on any atom is 0.348 e. The van der Waals surface area contributed by atoms with E-state index in [-0.39, 0.29) is 17.2 Å². The Morgan fingerprint density at radius 3 is 2.36 bits per heavy atom. The Morgan fingerprint density at radius 1 is 1.04 bits per heavy atom. The van der Waals surface area contributed by atoms with E-state index >= 15 is 0 Å². The van der Waals surface area contributed by atoms with E-state index < -0.39 is 5.97 Å². The summed E-state index contributed by atoms with van der Waals surface area (Å²) < 4.78 is 0. The third-order valence-corrected chi connectivity index (χ3v) is 5.01. The highest BCUT2D eigenvalue weighted by molar-refractivity contribution is 7.18. The van der Waals surface area contributed by atoms with E-state index in [1.165, 1.54) is 11.3 Å². The van der Waals surface area contributed by atoms with Crippen LogP contribution < -0.4 is 5.32 Å². The van der Waals surface area contributed by atoms with Crippen molar-refractivity contribution in [1.82, 2.24) is 0 Å². The van der Waals surface area contributed by atoms with Crippen LogP contribution in [0.1, 0.15) is 20.0 Å². The van der Waals surface area contributed by atoms with Crippen LogP contribution in [0.25, 0.3) is 10.4 Å². The van der Waals surface area contributed by atoms with E-state index in [1.54, 1.807) is 30.3 Å². The minimum Gasteiger partial charge on any atom is -0.477 e. The third-order valence-electron chi connectivity index (χ3n) is 3.59. The Hall–Kier alpha value is -2.63. The summed E-state index contributed by atoms with van der Waals surface area (Å²) in [6.07, 6.45) is 0. The molecule has 0 aliphatic carbocycles. The van der Waals surface area contributed by atoms with Gasteiger partial charge in [0.25, 0.3) is 0 Å². The molecule has 0 bridgehead atoms. The lowest BCUT2D eigenvalue weighted by molar-refractivity contribution is 0.0702. The van der Waals surface area contributed by atoms with E-state index in [9.17, 15) is 14.7 Å².